The van der Waals surface area contributed by atoms with E-state index in [2.05, 4.69) is 0 Å². The summed E-state index contributed by atoms with van der Waals surface area (Å²) in [6.45, 7) is 3.22. The molecule has 0 aliphatic carbocycles. The first kappa shape index (κ1) is 15.8. The van der Waals surface area contributed by atoms with Gasteiger partial charge in [-0.3, -0.25) is 4.79 Å². The minimum absolute atomic E-state index is 0.0763. The van der Waals surface area contributed by atoms with E-state index in [1.807, 2.05) is 0 Å². The van der Waals surface area contributed by atoms with Crippen LogP contribution in [-0.2, 0) is 4.79 Å². The van der Waals surface area contributed by atoms with E-state index >= 15 is 0 Å². The number of hydrogen-bond donors (Lipinski definition) is 1. The molecule has 0 spiro atoms. The highest BCUT2D eigenvalue weighted by atomic mass is 19.1. The van der Waals surface area contributed by atoms with Crippen molar-refractivity contribution in [2.24, 2.45) is 5.73 Å². The summed E-state index contributed by atoms with van der Waals surface area (Å²) in [5, 5.41) is 0. The van der Waals surface area contributed by atoms with E-state index < -0.39 is 5.82 Å². The molecule has 21 heavy (non-hydrogen) atoms. The zero-order valence-electron chi connectivity index (χ0n) is 12.5. The smallest absolute Gasteiger partial charge is 0.260 e. The van der Waals surface area contributed by atoms with E-state index in [0.717, 1.165) is 38.8 Å². The molecule has 1 aliphatic heterocycles. The first-order valence-electron chi connectivity index (χ1n) is 7.53. The molecule has 1 amide bonds. The van der Waals surface area contributed by atoms with Crippen molar-refractivity contribution < 1.29 is 13.9 Å². The van der Waals surface area contributed by atoms with Crippen LogP contribution in [0.2, 0.25) is 0 Å². The van der Waals surface area contributed by atoms with Crippen LogP contribution in [0.5, 0.6) is 5.75 Å². The van der Waals surface area contributed by atoms with Gasteiger partial charge in [0.1, 0.15) is 0 Å². The van der Waals surface area contributed by atoms with Gasteiger partial charge in [-0.2, -0.15) is 0 Å². The van der Waals surface area contributed by atoms with Gasteiger partial charge >= 0.3 is 0 Å². The van der Waals surface area contributed by atoms with Gasteiger partial charge in [0.05, 0.1) is 0 Å². The van der Waals surface area contributed by atoms with E-state index in [4.69, 9.17) is 10.5 Å². The average molecular weight is 294 g/mol. The molecule has 1 aromatic carbocycles. The maximum atomic E-state index is 13.9. The number of carbonyl (C=O) groups is 1. The Kier molecular flexibility index (Phi) is 5.56. The van der Waals surface area contributed by atoms with Crippen molar-refractivity contribution in [3.8, 4) is 5.75 Å². The normalized spacial score (nSPS) is 17.2. The molecule has 0 aromatic heterocycles. The van der Waals surface area contributed by atoms with Crippen LogP contribution in [0, 0.1) is 5.82 Å². The highest BCUT2D eigenvalue weighted by Crippen LogP contribution is 2.21. The summed E-state index contributed by atoms with van der Waals surface area (Å²) in [4.78, 5) is 13.9. The summed E-state index contributed by atoms with van der Waals surface area (Å²) in [6, 6.07) is 4.38. The highest BCUT2D eigenvalue weighted by Gasteiger charge is 2.17. The van der Waals surface area contributed by atoms with Crippen LogP contribution in [0.1, 0.15) is 44.2 Å². The quantitative estimate of drug-likeness (QED) is 0.928. The number of hydrogen-bond acceptors (Lipinski definition) is 3. The van der Waals surface area contributed by atoms with Crippen molar-refractivity contribution in [3.05, 3.63) is 29.6 Å². The van der Waals surface area contributed by atoms with Gasteiger partial charge in [0.15, 0.2) is 18.2 Å². The lowest BCUT2D eigenvalue weighted by Crippen LogP contribution is -2.35. The molecule has 2 N–H and O–H groups in total. The second-order valence-corrected chi connectivity index (χ2v) is 5.56. The van der Waals surface area contributed by atoms with Crippen LogP contribution in [0.15, 0.2) is 18.2 Å². The van der Waals surface area contributed by atoms with E-state index in [0.29, 0.717) is 5.56 Å². The molecule has 0 unspecified atom stereocenters. The molecule has 1 fully saturated rings. The lowest BCUT2D eigenvalue weighted by Gasteiger charge is -2.20. The summed E-state index contributed by atoms with van der Waals surface area (Å²) in [6.07, 6.45) is 4.39. The molecule has 1 heterocycles. The van der Waals surface area contributed by atoms with Gasteiger partial charge in [0.2, 0.25) is 0 Å². The molecule has 0 radical (unpaired) electrons. The zero-order valence-corrected chi connectivity index (χ0v) is 12.5. The molecule has 1 atom stereocenters. The number of benzene rings is 1. The Balaban J connectivity index is 1.91. The number of ether oxygens (including phenoxy) is 1. The van der Waals surface area contributed by atoms with Crippen molar-refractivity contribution >= 4 is 5.91 Å². The van der Waals surface area contributed by atoms with Crippen LogP contribution in [-0.4, -0.2) is 30.5 Å². The number of likely N-dealkylation sites (tertiary alicyclic amines) is 1. The fourth-order valence-corrected chi connectivity index (χ4v) is 2.47. The molecule has 0 bridgehead atoms. The van der Waals surface area contributed by atoms with Crippen molar-refractivity contribution in [3.63, 3.8) is 0 Å². The largest absolute Gasteiger partial charge is 0.481 e. The number of rotatable bonds is 4. The minimum Gasteiger partial charge on any atom is -0.481 e. The van der Waals surface area contributed by atoms with E-state index in [1.54, 1.807) is 17.9 Å². The van der Waals surface area contributed by atoms with Crippen LogP contribution < -0.4 is 10.5 Å². The number of amides is 1. The fourth-order valence-electron chi connectivity index (χ4n) is 2.47. The first-order valence-corrected chi connectivity index (χ1v) is 7.53. The Bertz CT molecular complexity index is 483. The Morgan fingerprint density at radius 1 is 1.33 bits per heavy atom. The van der Waals surface area contributed by atoms with E-state index in [-0.39, 0.29) is 24.3 Å². The van der Waals surface area contributed by atoms with Gasteiger partial charge in [-0.25, -0.2) is 4.39 Å². The predicted molar refractivity (Wildman–Crippen MR) is 79.5 cm³/mol. The summed E-state index contributed by atoms with van der Waals surface area (Å²) in [5.74, 6) is -0.455. The lowest BCUT2D eigenvalue weighted by molar-refractivity contribution is -0.133. The van der Waals surface area contributed by atoms with Crippen LogP contribution in [0.25, 0.3) is 0 Å². The Hall–Kier alpha value is -1.62. The van der Waals surface area contributed by atoms with E-state index in [9.17, 15) is 9.18 Å². The highest BCUT2D eigenvalue weighted by molar-refractivity contribution is 5.77. The lowest BCUT2D eigenvalue weighted by atomic mass is 10.1. The molecule has 0 saturated carbocycles. The topological polar surface area (TPSA) is 55.6 Å². The monoisotopic (exact) mass is 294 g/mol. The fraction of sp³-hybridized carbons (Fsp3) is 0.562. The second kappa shape index (κ2) is 7.41. The molecule has 1 saturated heterocycles. The summed E-state index contributed by atoms with van der Waals surface area (Å²) in [7, 11) is 0. The summed E-state index contributed by atoms with van der Waals surface area (Å²) < 4.78 is 19.2. The third-order valence-corrected chi connectivity index (χ3v) is 3.79. The van der Waals surface area contributed by atoms with Crippen molar-refractivity contribution in [1.29, 1.82) is 0 Å². The van der Waals surface area contributed by atoms with Crippen LogP contribution in [0.4, 0.5) is 4.39 Å². The van der Waals surface area contributed by atoms with Crippen molar-refractivity contribution in [1.82, 2.24) is 4.90 Å². The first-order chi connectivity index (χ1) is 10.1. The summed E-state index contributed by atoms with van der Waals surface area (Å²) in [5.41, 5.74) is 6.41. The molecule has 1 aliphatic rings. The van der Waals surface area contributed by atoms with Crippen molar-refractivity contribution in [2.45, 2.75) is 38.6 Å². The van der Waals surface area contributed by atoms with Gasteiger partial charge in [0, 0.05) is 19.1 Å². The summed E-state index contributed by atoms with van der Waals surface area (Å²) >= 11 is 0. The average Bonchev–Trinajstić information content (AvgIpc) is 2.74. The molecule has 116 valence electrons. The molecule has 5 heteroatoms. The van der Waals surface area contributed by atoms with Gasteiger partial charge in [0.25, 0.3) is 5.91 Å². The SMILES string of the molecule is C[C@@H](N)c1ccc(OCC(=O)N2CCCCCC2)c(F)c1. The van der Waals surface area contributed by atoms with Crippen molar-refractivity contribution in [2.75, 3.05) is 19.7 Å². The number of halogens is 1. The number of carbonyl (C=O) groups excluding carboxylic acids is 1. The Morgan fingerprint density at radius 3 is 2.57 bits per heavy atom. The number of nitrogens with zero attached hydrogens (tertiary/aromatic N) is 1. The van der Waals surface area contributed by atoms with Gasteiger partial charge in [-0.05, 0) is 37.5 Å². The van der Waals surface area contributed by atoms with Crippen LogP contribution in [0.3, 0.4) is 0 Å². The standard InChI is InChI=1S/C16H23FN2O2/c1-12(18)13-6-7-15(14(17)10-13)21-11-16(20)19-8-4-2-3-5-9-19/h6-7,10,12H,2-5,8-9,11,18H2,1H3/t12-/m1/s1. The third kappa shape index (κ3) is 4.43. The maximum absolute atomic E-state index is 13.9. The predicted octanol–water partition coefficient (Wildman–Crippen LogP) is 2.63. The van der Waals surface area contributed by atoms with E-state index in [1.165, 1.54) is 12.1 Å². The third-order valence-electron chi connectivity index (χ3n) is 3.79. The van der Waals surface area contributed by atoms with Crippen LogP contribution >= 0.6 is 0 Å². The molecule has 4 nitrogen and oxygen atoms in total. The Morgan fingerprint density at radius 2 is 2.00 bits per heavy atom. The number of nitrogens with two attached hydrogens (primary N) is 1. The Labute approximate surface area is 125 Å². The molecular formula is C16H23FN2O2. The molecular weight excluding hydrogens is 271 g/mol. The zero-order chi connectivity index (χ0) is 15.2. The molecule has 1 aromatic rings. The van der Waals surface area contributed by atoms with Gasteiger partial charge < -0.3 is 15.4 Å². The molecule has 2 rings (SSSR count). The van der Waals surface area contributed by atoms with Gasteiger partial charge in [-0.15, -0.1) is 0 Å². The van der Waals surface area contributed by atoms with Gasteiger partial charge in [-0.1, -0.05) is 18.9 Å². The maximum Gasteiger partial charge on any atom is 0.260 e. The minimum atomic E-state index is -0.478. The second-order valence-electron chi connectivity index (χ2n) is 5.56.